The third kappa shape index (κ3) is 5.17. The number of carbonyl (C=O) groups is 1. The highest BCUT2D eigenvalue weighted by Gasteiger charge is 2.04. The van der Waals surface area contributed by atoms with E-state index in [1.807, 2.05) is 13.8 Å². The first-order valence-corrected chi connectivity index (χ1v) is 6.24. The topological polar surface area (TPSA) is 41.1 Å². The zero-order valence-corrected chi connectivity index (χ0v) is 11.5. The predicted octanol–water partition coefficient (Wildman–Crippen LogP) is 2.77. The average Bonchev–Trinajstić information content (AvgIpc) is 2.25. The van der Waals surface area contributed by atoms with Gasteiger partial charge in [0.1, 0.15) is 5.82 Å². The molecule has 0 aliphatic carbocycles. The summed E-state index contributed by atoms with van der Waals surface area (Å²) in [6.45, 7) is 4.90. The Kier molecular flexibility index (Phi) is 5.41. The van der Waals surface area contributed by atoms with E-state index >= 15 is 0 Å². The van der Waals surface area contributed by atoms with Gasteiger partial charge in [-0.25, -0.2) is 4.39 Å². The molecule has 0 saturated carbocycles. The summed E-state index contributed by atoms with van der Waals surface area (Å²) in [5, 5.41) is 5.73. The number of hydrogen-bond donors (Lipinski definition) is 2. The van der Waals surface area contributed by atoms with E-state index in [0.29, 0.717) is 22.6 Å². The molecule has 17 heavy (non-hydrogen) atoms. The van der Waals surface area contributed by atoms with Gasteiger partial charge in [0, 0.05) is 16.7 Å². The first kappa shape index (κ1) is 14.0. The van der Waals surface area contributed by atoms with Gasteiger partial charge in [-0.05, 0) is 40.0 Å². The van der Waals surface area contributed by atoms with E-state index in [1.54, 1.807) is 6.07 Å². The molecule has 0 radical (unpaired) electrons. The Hall–Kier alpha value is -1.10. The third-order valence-electron chi connectivity index (χ3n) is 2.08. The van der Waals surface area contributed by atoms with E-state index in [4.69, 9.17) is 0 Å². The van der Waals surface area contributed by atoms with Crippen LogP contribution in [0, 0.1) is 11.7 Å². The Labute approximate surface area is 109 Å². The first-order valence-electron chi connectivity index (χ1n) is 5.44. The van der Waals surface area contributed by atoms with Crippen LogP contribution in [0.5, 0.6) is 0 Å². The molecule has 0 atom stereocenters. The molecule has 0 unspecified atom stereocenters. The summed E-state index contributed by atoms with van der Waals surface area (Å²) < 4.78 is 13.4. The van der Waals surface area contributed by atoms with Crippen molar-refractivity contribution >= 4 is 27.5 Å². The normalized spacial score (nSPS) is 10.4. The number of nitrogens with one attached hydrogen (secondary N) is 2. The standard InChI is InChI=1S/C12H16BrFN2O/c1-8(2)6-16-12(17)7-15-11-4-3-9(14)5-10(11)13/h3-5,8,15H,6-7H2,1-2H3,(H,16,17). The monoisotopic (exact) mass is 302 g/mol. The zero-order valence-electron chi connectivity index (χ0n) is 9.89. The molecule has 0 saturated heterocycles. The lowest BCUT2D eigenvalue weighted by molar-refractivity contribution is -0.119. The van der Waals surface area contributed by atoms with Gasteiger partial charge in [-0.2, -0.15) is 0 Å². The van der Waals surface area contributed by atoms with Crippen molar-refractivity contribution < 1.29 is 9.18 Å². The number of amides is 1. The van der Waals surface area contributed by atoms with Crippen molar-refractivity contribution in [2.45, 2.75) is 13.8 Å². The maximum atomic E-state index is 12.8. The smallest absolute Gasteiger partial charge is 0.239 e. The van der Waals surface area contributed by atoms with Gasteiger partial charge in [0.05, 0.1) is 6.54 Å². The molecule has 0 aromatic heterocycles. The minimum Gasteiger partial charge on any atom is -0.375 e. The van der Waals surface area contributed by atoms with Crippen molar-refractivity contribution in [2.24, 2.45) is 5.92 Å². The number of carbonyl (C=O) groups excluding carboxylic acids is 1. The van der Waals surface area contributed by atoms with Crippen LogP contribution in [0.2, 0.25) is 0 Å². The second-order valence-corrected chi connectivity index (χ2v) is 5.03. The lowest BCUT2D eigenvalue weighted by Gasteiger charge is -2.10. The zero-order chi connectivity index (χ0) is 12.8. The molecule has 0 aliphatic heterocycles. The van der Waals surface area contributed by atoms with Crippen molar-refractivity contribution in [3.63, 3.8) is 0 Å². The highest BCUT2D eigenvalue weighted by Crippen LogP contribution is 2.22. The molecule has 1 aromatic carbocycles. The molecule has 1 aromatic rings. The van der Waals surface area contributed by atoms with Crippen LogP contribution in [0.4, 0.5) is 10.1 Å². The maximum absolute atomic E-state index is 12.8. The summed E-state index contributed by atoms with van der Waals surface area (Å²) in [5.41, 5.74) is 0.700. The molecular weight excluding hydrogens is 287 g/mol. The van der Waals surface area contributed by atoms with Crippen LogP contribution in [-0.2, 0) is 4.79 Å². The Morgan fingerprint density at radius 3 is 2.76 bits per heavy atom. The minimum absolute atomic E-state index is 0.0741. The second-order valence-electron chi connectivity index (χ2n) is 4.18. The van der Waals surface area contributed by atoms with E-state index in [1.165, 1.54) is 12.1 Å². The summed E-state index contributed by atoms with van der Waals surface area (Å²) in [5.74, 6) is 0.0399. The summed E-state index contributed by atoms with van der Waals surface area (Å²) in [4.78, 5) is 11.4. The molecule has 0 heterocycles. The van der Waals surface area contributed by atoms with Gasteiger partial charge in [0.2, 0.25) is 5.91 Å². The van der Waals surface area contributed by atoms with Gasteiger partial charge in [-0.15, -0.1) is 0 Å². The molecule has 2 N–H and O–H groups in total. The molecule has 1 amide bonds. The molecule has 5 heteroatoms. The van der Waals surface area contributed by atoms with E-state index < -0.39 is 0 Å². The number of anilines is 1. The quantitative estimate of drug-likeness (QED) is 0.878. The highest BCUT2D eigenvalue weighted by molar-refractivity contribution is 9.10. The van der Waals surface area contributed by atoms with Crippen molar-refractivity contribution in [1.82, 2.24) is 5.32 Å². The summed E-state index contributed by atoms with van der Waals surface area (Å²) in [6, 6.07) is 4.29. The van der Waals surface area contributed by atoms with Gasteiger partial charge in [-0.3, -0.25) is 4.79 Å². The molecule has 0 aliphatic rings. The van der Waals surface area contributed by atoms with Crippen molar-refractivity contribution in [1.29, 1.82) is 0 Å². The summed E-state index contributed by atoms with van der Waals surface area (Å²) in [7, 11) is 0. The Morgan fingerprint density at radius 1 is 1.47 bits per heavy atom. The van der Waals surface area contributed by atoms with Crippen LogP contribution in [-0.4, -0.2) is 19.0 Å². The fourth-order valence-electron chi connectivity index (χ4n) is 1.19. The third-order valence-corrected chi connectivity index (χ3v) is 2.73. The number of hydrogen-bond acceptors (Lipinski definition) is 2. The van der Waals surface area contributed by atoms with Crippen LogP contribution in [0.15, 0.2) is 22.7 Å². The van der Waals surface area contributed by atoms with Crippen molar-refractivity contribution in [3.8, 4) is 0 Å². The number of rotatable bonds is 5. The fraction of sp³-hybridized carbons (Fsp3) is 0.417. The van der Waals surface area contributed by atoms with Crippen LogP contribution in [0.3, 0.4) is 0 Å². The van der Waals surface area contributed by atoms with Gasteiger partial charge in [0.15, 0.2) is 0 Å². The number of benzene rings is 1. The molecular formula is C12H16BrFN2O. The average molecular weight is 303 g/mol. The summed E-state index contributed by atoms with van der Waals surface area (Å²) >= 11 is 3.23. The molecule has 0 bridgehead atoms. The molecule has 94 valence electrons. The lowest BCUT2D eigenvalue weighted by atomic mass is 10.2. The SMILES string of the molecule is CC(C)CNC(=O)CNc1ccc(F)cc1Br. The van der Waals surface area contributed by atoms with Crippen LogP contribution in [0.25, 0.3) is 0 Å². The van der Waals surface area contributed by atoms with E-state index in [2.05, 4.69) is 26.6 Å². The molecule has 1 rings (SSSR count). The largest absolute Gasteiger partial charge is 0.375 e. The van der Waals surface area contributed by atoms with Gasteiger partial charge in [0.25, 0.3) is 0 Å². The molecule has 0 spiro atoms. The van der Waals surface area contributed by atoms with Crippen LogP contribution in [0.1, 0.15) is 13.8 Å². The van der Waals surface area contributed by atoms with Crippen LogP contribution >= 0.6 is 15.9 Å². The van der Waals surface area contributed by atoms with E-state index in [9.17, 15) is 9.18 Å². The van der Waals surface area contributed by atoms with Gasteiger partial charge < -0.3 is 10.6 Å². The summed E-state index contributed by atoms with van der Waals surface area (Å²) in [6.07, 6.45) is 0. The Bertz CT molecular complexity index is 396. The number of halogens is 2. The van der Waals surface area contributed by atoms with E-state index in [0.717, 1.165) is 0 Å². The maximum Gasteiger partial charge on any atom is 0.239 e. The second kappa shape index (κ2) is 6.59. The Morgan fingerprint density at radius 2 is 2.18 bits per heavy atom. The Balaban J connectivity index is 2.42. The predicted molar refractivity (Wildman–Crippen MR) is 70.4 cm³/mol. The fourth-order valence-corrected chi connectivity index (χ4v) is 1.68. The van der Waals surface area contributed by atoms with Crippen LogP contribution < -0.4 is 10.6 Å². The van der Waals surface area contributed by atoms with Crippen molar-refractivity contribution in [3.05, 3.63) is 28.5 Å². The van der Waals surface area contributed by atoms with E-state index in [-0.39, 0.29) is 18.3 Å². The van der Waals surface area contributed by atoms with Gasteiger partial charge in [-0.1, -0.05) is 13.8 Å². The lowest BCUT2D eigenvalue weighted by Crippen LogP contribution is -2.32. The highest BCUT2D eigenvalue weighted by atomic mass is 79.9. The van der Waals surface area contributed by atoms with Crippen molar-refractivity contribution in [2.75, 3.05) is 18.4 Å². The first-order chi connectivity index (χ1) is 7.99. The molecule has 0 fully saturated rings. The molecule has 3 nitrogen and oxygen atoms in total. The minimum atomic E-state index is -0.313. The van der Waals surface area contributed by atoms with Gasteiger partial charge >= 0.3 is 0 Å².